The Morgan fingerprint density at radius 2 is 2.11 bits per heavy atom. The fourth-order valence-electron chi connectivity index (χ4n) is 1.57. The molecule has 0 spiro atoms. The lowest BCUT2D eigenvalue weighted by atomic mass is 10.1. The van der Waals surface area contributed by atoms with Gasteiger partial charge >= 0.3 is 0 Å². The maximum absolute atomic E-state index is 5.66. The fraction of sp³-hybridized carbons (Fsp3) is 0.231. The number of anilines is 1. The number of benzene rings is 1. The van der Waals surface area contributed by atoms with Crippen LogP contribution < -0.4 is 10.1 Å². The first-order chi connectivity index (χ1) is 8.78. The highest BCUT2D eigenvalue weighted by Gasteiger charge is 1.98. The summed E-state index contributed by atoms with van der Waals surface area (Å²) in [6, 6.07) is 11.5. The van der Waals surface area contributed by atoms with Gasteiger partial charge in [0.2, 0.25) is 0 Å². The summed E-state index contributed by atoms with van der Waals surface area (Å²) in [5.41, 5.74) is 1.21. The van der Waals surface area contributed by atoms with E-state index in [4.69, 9.17) is 16.3 Å². The molecule has 0 bridgehead atoms. The van der Waals surface area contributed by atoms with Crippen molar-refractivity contribution in [2.75, 3.05) is 19.0 Å². The largest absolute Gasteiger partial charge is 0.497 e. The van der Waals surface area contributed by atoms with Crippen LogP contribution in [0.4, 0.5) is 5.82 Å². The van der Waals surface area contributed by atoms with Gasteiger partial charge in [-0.1, -0.05) is 23.7 Å². The second-order valence-corrected chi connectivity index (χ2v) is 4.16. The molecule has 1 aromatic heterocycles. The van der Waals surface area contributed by atoms with Gasteiger partial charge in [0.15, 0.2) is 5.15 Å². The molecule has 0 aliphatic carbocycles. The Morgan fingerprint density at radius 3 is 2.83 bits per heavy atom. The molecule has 0 aliphatic heterocycles. The lowest BCUT2D eigenvalue weighted by Gasteiger charge is -2.06. The van der Waals surface area contributed by atoms with Crippen molar-refractivity contribution < 1.29 is 4.74 Å². The molecule has 0 aliphatic rings. The average Bonchev–Trinajstić information content (AvgIpc) is 2.41. The van der Waals surface area contributed by atoms with E-state index in [9.17, 15) is 0 Å². The number of nitrogens with one attached hydrogen (secondary N) is 1. The van der Waals surface area contributed by atoms with Crippen LogP contribution in [0.1, 0.15) is 5.56 Å². The quantitative estimate of drug-likeness (QED) is 0.901. The normalized spacial score (nSPS) is 10.1. The third kappa shape index (κ3) is 3.60. The minimum atomic E-state index is 0.397. The summed E-state index contributed by atoms with van der Waals surface area (Å²) in [4.78, 5) is 0. The number of aromatic nitrogens is 2. The van der Waals surface area contributed by atoms with Gasteiger partial charge in [0.1, 0.15) is 11.6 Å². The van der Waals surface area contributed by atoms with Crippen LogP contribution in [0.2, 0.25) is 5.15 Å². The molecule has 1 heterocycles. The molecule has 0 unspecified atom stereocenters. The molecule has 0 amide bonds. The summed E-state index contributed by atoms with van der Waals surface area (Å²) in [6.45, 7) is 0.781. The molecule has 4 nitrogen and oxygen atoms in total. The molecule has 5 heteroatoms. The van der Waals surface area contributed by atoms with Gasteiger partial charge < -0.3 is 10.1 Å². The number of hydrogen-bond donors (Lipinski definition) is 1. The maximum atomic E-state index is 5.66. The van der Waals surface area contributed by atoms with Crippen LogP contribution >= 0.6 is 11.6 Å². The number of nitrogens with zero attached hydrogens (tertiary/aromatic N) is 2. The first kappa shape index (κ1) is 12.6. The molecule has 94 valence electrons. The van der Waals surface area contributed by atoms with Gasteiger partial charge in [-0.2, -0.15) is 0 Å². The minimum absolute atomic E-state index is 0.397. The monoisotopic (exact) mass is 263 g/mol. The molecule has 1 N–H and O–H groups in total. The lowest BCUT2D eigenvalue weighted by Crippen LogP contribution is -2.06. The number of halogens is 1. The van der Waals surface area contributed by atoms with Crippen LogP contribution in [0, 0.1) is 0 Å². The summed E-state index contributed by atoms with van der Waals surface area (Å²) in [5, 5.41) is 11.3. The van der Waals surface area contributed by atoms with E-state index in [1.807, 2.05) is 18.2 Å². The Hall–Kier alpha value is -1.81. The summed E-state index contributed by atoms with van der Waals surface area (Å²) in [6.07, 6.45) is 0.890. The number of methoxy groups -OCH3 is 1. The van der Waals surface area contributed by atoms with E-state index in [0.29, 0.717) is 5.15 Å². The van der Waals surface area contributed by atoms with Crippen molar-refractivity contribution in [3.63, 3.8) is 0 Å². The zero-order chi connectivity index (χ0) is 12.8. The van der Waals surface area contributed by atoms with E-state index in [-0.39, 0.29) is 0 Å². The second-order valence-electron chi connectivity index (χ2n) is 3.77. The number of ether oxygens (including phenoxy) is 1. The molecular formula is C13H14ClN3O. The van der Waals surface area contributed by atoms with Crippen molar-refractivity contribution >= 4 is 17.4 Å². The van der Waals surface area contributed by atoms with E-state index in [0.717, 1.165) is 24.5 Å². The standard InChI is InChI=1S/C13H14ClN3O/c1-18-11-4-2-3-10(9-11)7-8-15-13-6-5-12(14)16-17-13/h2-6,9H,7-8H2,1H3,(H,15,17). The van der Waals surface area contributed by atoms with Gasteiger partial charge in [0, 0.05) is 6.54 Å². The maximum Gasteiger partial charge on any atom is 0.151 e. The van der Waals surface area contributed by atoms with Crippen molar-refractivity contribution in [3.05, 3.63) is 47.1 Å². The fourth-order valence-corrected chi connectivity index (χ4v) is 1.67. The van der Waals surface area contributed by atoms with Crippen LogP contribution in [-0.2, 0) is 6.42 Å². The molecule has 0 saturated heterocycles. The molecular weight excluding hydrogens is 250 g/mol. The Bertz CT molecular complexity index is 502. The lowest BCUT2D eigenvalue weighted by molar-refractivity contribution is 0.414. The second kappa shape index (κ2) is 6.21. The number of hydrogen-bond acceptors (Lipinski definition) is 4. The van der Waals surface area contributed by atoms with Crippen LogP contribution in [-0.4, -0.2) is 23.9 Å². The van der Waals surface area contributed by atoms with Gasteiger partial charge in [0.05, 0.1) is 7.11 Å². The zero-order valence-corrected chi connectivity index (χ0v) is 10.8. The van der Waals surface area contributed by atoms with Gasteiger partial charge in [-0.3, -0.25) is 0 Å². The highest BCUT2D eigenvalue weighted by atomic mass is 35.5. The topological polar surface area (TPSA) is 47.0 Å². The van der Waals surface area contributed by atoms with Crippen LogP contribution in [0.15, 0.2) is 36.4 Å². The first-order valence-electron chi connectivity index (χ1n) is 5.64. The Morgan fingerprint density at radius 1 is 1.22 bits per heavy atom. The van der Waals surface area contributed by atoms with E-state index < -0.39 is 0 Å². The van der Waals surface area contributed by atoms with Gasteiger partial charge in [-0.25, -0.2) is 0 Å². The van der Waals surface area contributed by atoms with E-state index in [2.05, 4.69) is 21.6 Å². The molecule has 0 fully saturated rings. The minimum Gasteiger partial charge on any atom is -0.497 e. The van der Waals surface area contributed by atoms with Crippen LogP contribution in [0.5, 0.6) is 5.75 Å². The number of rotatable bonds is 5. The molecule has 18 heavy (non-hydrogen) atoms. The van der Waals surface area contributed by atoms with Crippen LogP contribution in [0.25, 0.3) is 0 Å². The predicted molar refractivity (Wildman–Crippen MR) is 72.2 cm³/mol. The van der Waals surface area contributed by atoms with Gasteiger partial charge in [-0.05, 0) is 36.2 Å². The summed E-state index contributed by atoms with van der Waals surface area (Å²) >= 11 is 5.66. The molecule has 1 aromatic carbocycles. The molecule has 2 aromatic rings. The highest BCUT2D eigenvalue weighted by Crippen LogP contribution is 2.13. The van der Waals surface area contributed by atoms with Crippen molar-refractivity contribution in [1.82, 2.24) is 10.2 Å². The van der Waals surface area contributed by atoms with Crippen LogP contribution in [0.3, 0.4) is 0 Å². The van der Waals surface area contributed by atoms with Gasteiger partial charge in [0.25, 0.3) is 0 Å². The summed E-state index contributed by atoms with van der Waals surface area (Å²) in [7, 11) is 1.67. The molecule has 0 radical (unpaired) electrons. The average molecular weight is 264 g/mol. The Balaban J connectivity index is 1.86. The van der Waals surface area contributed by atoms with E-state index >= 15 is 0 Å². The highest BCUT2D eigenvalue weighted by molar-refractivity contribution is 6.29. The van der Waals surface area contributed by atoms with Crippen molar-refractivity contribution in [2.45, 2.75) is 6.42 Å². The van der Waals surface area contributed by atoms with Gasteiger partial charge in [-0.15, -0.1) is 10.2 Å². The van der Waals surface area contributed by atoms with E-state index in [1.165, 1.54) is 5.56 Å². The van der Waals surface area contributed by atoms with E-state index in [1.54, 1.807) is 19.2 Å². The van der Waals surface area contributed by atoms with Crippen molar-refractivity contribution in [1.29, 1.82) is 0 Å². The third-order valence-electron chi connectivity index (χ3n) is 2.49. The summed E-state index contributed by atoms with van der Waals surface area (Å²) in [5.74, 6) is 1.60. The zero-order valence-electron chi connectivity index (χ0n) is 10.1. The van der Waals surface area contributed by atoms with Crippen molar-refractivity contribution in [2.24, 2.45) is 0 Å². The smallest absolute Gasteiger partial charge is 0.151 e. The Kier molecular flexibility index (Phi) is 4.36. The predicted octanol–water partition coefficient (Wildman–Crippen LogP) is 2.79. The summed E-state index contributed by atoms with van der Waals surface area (Å²) < 4.78 is 5.18. The molecule has 2 rings (SSSR count). The molecule has 0 atom stereocenters. The SMILES string of the molecule is COc1cccc(CCNc2ccc(Cl)nn2)c1. The first-order valence-corrected chi connectivity index (χ1v) is 6.02. The molecule has 0 saturated carbocycles. The third-order valence-corrected chi connectivity index (χ3v) is 2.69. The Labute approximate surface area is 111 Å². The van der Waals surface area contributed by atoms with Crippen molar-refractivity contribution in [3.8, 4) is 5.75 Å².